The molecular weight excluding hydrogens is 288 g/mol. The number of carbonyl (C=O) groups excluding carboxylic acids is 1. The molecule has 21 heavy (non-hydrogen) atoms. The third kappa shape index (κ3) is 2.84. The van der Waals surface area contributed by atoms with E-state index >= 15 is 0 Å². The molecule has 0 radical (unpaired) electrons. The lowest BCUT2D eigenvalue weighted by atomic mass is 10.1. The molecule has 0 fully saturated rings. The SMILES string of the molecule is NNc1ccc(Cl)c(C(=O)Nc2ccc3c(c2)CCC3)n1. The minimum atomic E-state index is -0.352. The molecule has 108 valence electrons. The fourth-order valence-electron chi connectivity index (χ4n) is 2.52. The van der Waals surface area contributed by atoms with Crippen molar-refractivity contribution in [1.82, 2.24) is 4.98 Å². The number of benzene rings is 1. The molecule has 6 heteroatoms. The van der Waals surface area contributed by atoms with Crippen molar-refractivity contribution in [2.24, 2.45) is 5.84 Å². The minimum Gasteiger partial charge on any atom is -0.321 e. The van der Waals surface area contributed by atoms with Gasteiger partial charge < -0.3 is 10.7 Å². The van der Waals surface area contributed by atoms with E-state index in [4.69, 9.17) is 17.4 Å². The Bertz CT molecular complexity index is 702. The molecule has 0 aliphatic heterocycles. The topological polar surface area (TPSA) is 80.0 Å². The first-order valence-corrected chi connectivity index (χ1v) is 7.11. The monoisotopic (exact) mass is 302 g/mol. The van der Waals surface area contributed by atoms with Crippen LogP contribution >= 0.6 is 11.6 Å². The molecule has 1 aliphatic rings. The molecule has 2 aromatic rings. The highest BCUT2D eigenvalue weighted by molar-refractivity contribution is 6.34. The lowest BCUT2D eigenvalue weighted by Gasteiger charge is -2.09. The number of aromatic nitrogens is 1. The van der Waals surface area contributed by atoms with Gasteiger partial charge in [-0.2, -0.15) is 0 Å². The molecule has 0 saturated carbocycles. The third-order valence-corrected chi connectivity index (χ3v) is 3.87. The average Bonchev–Trinajstić information content (AvgIpc) is 2.95. The van der Waals surface area contributed by atoms with Crippen molar-refractivity contribution >= 4 is 29.0 Å². The van der Waals surface area contributed by atoms with Crippen LogP contribution in [0.25, 0.3) is 0 Å². The van der Waals surface area contributed by atoms with E-state index in [1.54, 1.807) is 12.1 Å². The van der Waals surface area contributed by atoms with Crippen LogP contribution in [0, 0.1) is 0 Å². The number of nitrogens with one attached hydrogen (secondary N) is 2. The van der Waals surface area contributed by atoms with Gasteiger partial charge in [-0.3, -0.25) is 4.79 Å². The number of nitrogens with zero attached hydrogens (tertiary/aromatic N) is 1. The molecule has 1 amide bonds. The summed E-state index contributed by atoms with van der Waals surface area (Å²) in [6, 6.07) is 9.17. The number of anilines is 2. The number of halogens is 1. The lowest BCUT2D eigenvalue weighted by molar-refractivity contribution is 0.102. The van der Waals surface area contributed by atoms with Gasteiger partial charge in [0.15, 0.2) is 0 Å². The van der Waals surface area contributed by atoms with Crippen LogP contribution in [-0.2, 0) is 12.8 Å². The van der Waals surface area contributed by atoms with E-state index in [-0.39, 0.29) is 16.6 Å². The van der Waals surface area contributed by atoms with E-state index in [2.05, 4.69) is 21.8 Å². The highest BCUT2D eigenvalue weighted by Crippen LogP contribution is 2.25. The first-order chi connectivity index (χ1) is 10.2. The van der Waals surface area contributed by atoms with Gasteiger partial charge in [-0.25, -0.2) is 10.8 Å². The number of aryl methyl sites for hydroxylation is 2. The number of pyridine rings is 1. The molecule has 1 heterocycles. The summed E-state index contributed by atoms with van der Waals surface area (Å²) in [5.41, 5.74) is 5.95. The van der Waals surface area contributed by atoms with Crippen LogP contribution in [0.5, 0.6) is 0 Å². The Morgan fingerprint density at radius 3 is 2.81 bits per heavy atom. The van der Waals surface area contributed by atoms with Crippen LogP contribution < -0.4 is 16.6 Å². The molecule has 0 atom stereocenters. The van der Waals surface area contributed by atoms with Crippen molar-refractivity contribution in [3.05, 3.63) is 52.2 Å². The third-order valence-electron chi connectivity index (χ3n) is 3.57. The number of nitrogens with two attached hydrogens (primary N) is 1. The number of amides is 1. The Morgan fingerprint density at radius 2 is 2.00 bits per heavy atom. The first-order valence-electron chi connectivity index (χ1n) is 6.73. The van der Waals surface area contributed by atoms with Gasteiger partial charge in [0.05, 0.1) is 5.02 Å². The zero-order valence-electron chi connectivity index (χ0n) is 11.3. The van der Waals surface area contributed by atoms with Gasteiger partial charge in [-0.15, -0.1) is 0 Å². The fraction of sp³-hybridized carbons (Fsp3) is 0.200. The Hall–Kier alpha value is -2.11. The maximum Gasteiger partial charge on any atom is 0.275 e. The number of nitrogen functional groups attached to an aromatic ring is 1. The van der Waals surface area contributed by atoms with E-state index in [1.807, 2.05) is 12.1 Å². The van der Waals surface area contributed by atoms with Crippen molar-refractivity contribution in [3.8, 4) is 0 Å². The maximum absolute atomic E-state index is 12.3. The van der Waals surface area contributed by atoms with Crippen LogP contribution in [0.2, 0.25) is 5.02 Å². The van der Waals surface area contributed by atoms with Crippen LogP contribution in [0.4, 0.5) is 11.5 Å². The number of fused-ring (bicyclic) bond motifs is 1. The van der Waals surface area contributed by atoms with Crippen molar-refractivity contribution in [3.63, 3.8) is 0 Å². The van der Waals surface area contributed by atoms with Crippen LogP contribution in [0.15, 0.2) is 30.3 Å². The average molecular weight is 303 g/mol. The number of rotatable bonds is 3. The molecular formula is C15H15ClN4O. The standard InChI is InChI=1S/C15H15ClN4O/c16-12-6-7-13(20-17)19-14(12)15(21)18-11-5-4-9-2-1-3-10(9)8-11/h4-8H,1-3,17H2,(H,18,21)(H,19,20). The van der Waals surface area contributed by atoms with Crippen LogP contribution in [0.1, 0.15) is 28.0 Å². The van der Waals surface area contributed by atoms with E-state index in [0.717, 1.165) is 18.5 Å². The Morgan fingerprint density at radius 1 is 1.19 bits per heavy atom. The summed E-state index contributed by atoms with van der Waals surface area (Å²) in [6.45, 7) is 0. The van der Waals surface area contributed by atoms with Crippen molar-refractivity contribution in [1.29, 1.82) is 0 Å². The van der Waals surface area contributed by atoms with E-state index < -0.39 is 0 Å². The molecule has 1 aliphatic carbocycles. The normalized spacial score (nSPS) is 12.9. The second-order valence-electron chi connectivity index (χ2n) is 4.96. The molecule has 0 saturated heterocycles. The fourth-order valence-corrected chi connectivity index (χ4v) is 2.71. The van der Waals surface area contributed by atoms with Gasteiger partial charge in [0.2, 0.25) is 0 Å². The van der Waals surface area contributed by atoms with Gasteiger partial charge in [0.25, 0.3) is 5.91 Å². The lowest BCUT2D eigenvalue weighted by Crippen LogP contribution is -2.17. The molecule has 1 aromatic carbocycles. The Kier molecular flexibility index (Phi) is 3.77. The van der Waals surface area contributed by atoms with E-state index in [1.165, 1.54) is 17.5 Å². The summed E-state index contributed by atoms with van der Waals surface area (Å²) in [5, 5.41) is 3.11. The van der Waals surface area contributed by atoms with Gasteiger partial charge in [-0.05, 0) is 54.7 Å². The Labute approximate surface area is 127 Å². The molecule has 3 rings (SSSR count). The summed E-state index contributed by atoms with van der Waals surface area (Å²) in [4.78, 5) is 16.4. The quantitative estimate of drug-likeness (QED) is 0.601. The predicted molar refractivity (Wildman–Crippen MR) is 83.5 cm³/mol. The number of carbonyl (C=O) groups is 1. The van der Waals surface area contributed by atoms with Gasteiger partial charge >= 0.3 is 0 Å². The smallest absolute Gasteiger partial charge is 0.275 e. The number of hydrazine groups is 1. The molecule has 0 spiro atoms. The zero-order chi connectivity index (χ0) is 14.8. The molecule has 1 aromatic heterocycles. The highest BCUT2D eigenvalue weighted by Gasteiger charge is 2.15. The van der Waals surface area contributed by atoms with Crippen LogP contribution in [-0.4, -0.2) is 10.9 Å². The molecule has 0 unspecified atom stereocenters. The first kappa shape index (κ1) is 13.9. The molecule has 4 N–H and O–H groups in total. The van der Waals surface area contributed by atoms with E-state index in [9.17, 15) is 4.79 Å². The highest BCUT2D eigenvalue weighted by atomic mass is 35.5. The van der Waals surface area contributed by atoms with Gasteiger partial charge in [0.1, 0.15) is 11.5 Å². The largest absolute Gasteiger partial charge is 0.321 e. The predicted octanol–water partition coefficient (Wildman–Crippen LogP) is 2.76. The summed E-state index contributed by atoms with van der Waals surface area (Å²) in [5.74, 6) is 5.33. The minimum absolute atomic E-state index is 0.146. The van der Waals surface area contributed by atoms with Crippen molar-refractivity contribution in [2.45, 2.75) is 19.3 Å². The summed E-state index contributed by atoms with van der Waals surface area (Å²) in [7, 11) is 0. The van der Waals surface area contributed by atoms with Crippen LogP contribution in [0.3, 0.4) is 0 Å². The Balaban J connectivity index is 1.83. The second kappa shape index (κ2) is 5.71. The van der Waals surface area contributed by atoms with Crippen molar-refractivity contribution < 1.29 is 4.79 Å². The summed E-state index contributed by atoms with van der Waals surface area (Å²) >= 11 is 6.02. The second-order valence-corrected chi connectivity index (χ2v) is 5.37. The van der Waals surface area contributed by atoms with E-state index in [0.29, 0.717) is 5.82 Å². The number of hydrogen-bond donors (Lipinski definition) is 3. The zero-order valence-corrected chi connectivity index (χ0v) is 12.1. The number of hydrogen-bond acceptors (Lipinski definition) is 4. The summed E-state index contributed by atoms with van der Waals surface area (Å²) in [6.07, 6.45) is 3.34. The molecule has 0 bridgehead atoms. The maximum atomic E-state index is 12.3. The van der Waals surface area contributed by atoms with Gasteiger partial charge in [-0.1, -0.05) is 17.7 Å². The molecule has 5 nitrogen and oxygen atoms in total. The van der Waals surface area contributed by atoms with Crippen molar-refractivity contribution in [2.75, 3.05) is 10.7 Å². The summed E-state index contributed by atoms with van der Waals surface area (Å²) < 4.78 is 0. The van der Waals surface area contributed by atoms with Gasteiger partial charge in [0, 0.05) is 5.69 Å².